The molecular weight excluding hydrogens is 340 g/mol. The average molecular weight is 366 g/mol. The molecule has 0 unspecified atom stereocenters. The molecule has 2 atom stereocenters. The van der Waals surface area contributed by atoms with Crippen LogP contribution in [0.1, 0.15) is 36.3 Å². The zero-order valence-corrected chi connectivity index (χ0v) is 16.1. The van der Waals surface area contributed by atoms with E-state index in [0.717, 1.165) is 30.8 Å². The van der Waals surface area contributed by atoms with Crippen molar-refractivity contribution in [2.75, 3.05) is 19.7 Å². The van der Waals surface area contributed by atoms with Crippen LogP contribution in [0.2, 0.25) is 0 Å². The number of aromatic nitrogens is 1. The van der Waals surface area contributed by atoms with Gasteiger partial charge >= 0.3 is 5.97 Å². The fourth-order valence-corrected chi connectivity index (χ4v) is 3.71. The summed E-state index contributed by atoms with van der Waals surface area (Å²) in [6, 6.07) is 13.3. The van der Waals surface area contributed by atoms with Crippen molar-refractivity contribution < 1.29 is 14.3 Å². The number of hydrogen-bond donors (Lipinski definition) is 0. The normalized spacial score (nSPS) is 19.6. The van der Waals surface area contributed by atoms with Crippen LogP contribution < -0.4 is 0 Å². The zero-order valence-electron chi connectivity index (χ0n) is 16.1. The Morgan fingerprint density at radius 2 is 1.74 bits per heavy atom. The molecule has 0 saturated carbocycles. The van der Waals surface area contributed by atoms with Gasteiger partial charge < -0.3 is 9.64 Å². The van der Waals surface area contributed by atoms with Gasteiger partial charge in [-0.2, -0.15) is 0 Å². The lowest BCUT2D eigenvalue weighted by Crippen LogP contribution is -2.44. The Morgan fingerprint density at radius 1 is 1.07 bits per heavy atom. The van der Waals surface area contributed by atoms with Gasteiger partial charge in [0.15, 0.2) is 6.61 Å². The third-order valence-corrected chi connectivity index (χ3v) is 4.92. The van der Waals surface area contributed by atoms with Gasteiger partial charge in [0.05, 0.1) is 17.0 Å². The molecule has 5 heteroatoms. The quantitative estimate of drug-likeness (QED) is 0.774. The molecule has 1 aromatic heterocycles. The summed E-state index contributed by atoms with van der Waals surface area (Å²) in [6.07, 6.45) is 1.13. The molecule has 1 saturated heterocycles. The minimum absolute atomic E-state index is 0.131. The predicted octanol–water partition coefficient (Wildman–Crippen LogP) is 3.72. The van der Waals surface area contributed by atoms with Crippen LogP contribution in [0, 0.1) is 18.8 Å². The number of amides is 1. The van der Waals surface area contributed by atoms with Gasteiger partial charge in [0.2, 0.25) is 0 Å². The number of nitrogens with zero attached hydrogens (tertiary/aromatic N) is 2. The van der Waals surface area contributed by atoms with Gasteiger partial charge in [-0.1, -0.05) is 44.2 Å². The van der Waals surface area contributed by atoms with E-state index in [-0.39, 0.29) is 12.5 Å². The van der Waals surface area contributed by atoms with E-state index in [4.69, 9.17) is 4.74 Å². The standard InChI is InChI=1S/C22H26N2O3/c1-15-11-16(2)13-24(12-15)21(25)14-27-22(26)19-9-10-20(23-17(19)3)18-7-5-4-6-8-18/h4-10,15-16H,11-14H2,1-3H3/t15-,16-/m1/s1. The topological polar surface area (TPSA) is 59.5 Å². The Labute approximate surface area is 160 Å². The number of piperidine rings is 1. The molecule has 1 aliphatic heterocycles. The second-order valence-corrected chi connectivity index (χ2v) is 7.52. The lowest BCUT2D eigenvalue weighted by atomic mass is 9.92. The number of ether oxygens (including phenoxy) is 1. The van der Waals surface area contributed by atoms with Crippen molar-refractivity contribution >= 4 is 11.9 Å². The van der Waals surface area contributed by atoms with E-state index in [1.807, 2.05) is 30.3 Å². The van der Waals surface area contributed by atoms with Gasteiger partial charge in [-0.3, -0.25) is 9.78 Å². The molecule has 1 aliphatic rings. The van der Waals surface area contributed by atoms with Crippen molar-refractivity contribution in [1.29, 1.82) is 0 Å². The van der Waals surface area contributed by atoms with E-state index >= 15 is 0 Å². The van der Waals surface area contributed by atoms with Crippen molar-refractivity contribution in [3.63, 3.8) is 0 Å². The van der Waals surface area contributed by atoms with Crippen LogP contribution in [0.4, 0.5) is 0 Å². The van der Waals surface area contributed by atoms with E-state index in [1.54, 1.807) is 24.0 Å². The molecule has 2 aromatic rings. The first-order valence-corrected chi connectivity index (χ1v) is 9.42. The maximum absolute atomic E-state index is 12.4. The van der Waals surface area contributed by atoms with Crippen molar-refractivity contribution in [2.24, 2.45) is 11.8 Å². The Bertz CT molecular complexity index is 810. The Kier molecular flexibility index (Phi) is 5.89. The summed E-state index contributed by atoms with van der Waals surface area (Å²) >= 11 is 0. The number of hydrogen-bond acceptors (Lipinski definition) is 4. The van der Waals surface area contributed by atoms with E-state index in [0.29, 0.717) is 23.1 Å². The molecule has 27 heavy (non-hydrogen) atoms. The van der Waals surface area contributed by atoms with E-state index in [9.17, 15) is 9.59 Å². The first kappa shape index (κ1) is 19.1. The summed E-state index contributed by atoms with van der Waals surface area (Å²) < 4.78 is 5.27. The maximum atomic E-state index is 12.4. The molecule has 0 N–H and O–H groups in total. The van der Waals surface area contributed by atoms with Crippen LogP contribution >= 0.6 is 0 Å². The Morgan fingerprint density at radius 3 is 2.37 bits per heavy atom. The molecule has 1 amide bonds. The molecule has 2 heterocycles. The third-order valence-electron chi connectivity index (χ3n) is 4.92. The van der Waals surface area contributed by atoms with E-state index in [1.165, 1.54) is 0 Å². The molecular formula is C22H26N2O3. The zero-order chi connectivity index (χ0) is 19.4. The molecule has 0 radical (unpaired) electrons. The van der Waals surface area contributed by atoms with Crippen LogP contribution in [0.3, 0.4) is 0 Å². The fourth-order valence-electron chi connectivity index (χ4n) is 3.71. The molecule has 0 spiro atoms. The minimum Gasteiger partial charge on any atom is -0.452 e. The lowest BCUT2D eigenvalue weighted by Gasteiger charge is -2.34. The number of esters is 1. The average Bonchev–Trinajstić information content (AvgIpc) is 2.65. The monoisotopic (exact) mass is 366 g/mol. The van der Waals surface area contributed by atoms with Gasteiger partial charge in [0, 0.05) is 18.7 Å². The Hall–Kier alpha value is -2.69. The second kappa shape index (κ2) is 8.33. The summed E-state index contributed by atoms with van der Waals surface area (Å²) in [5, 5.41) is 0. The highest BCUT2D eigenvalue weighted by atomic mass is 16.5. The number of likely N-dealkylation sites (tertiary alicyclic amines) is 1. The molecule has 3 rings (SSSR count). The molecule has 0 aliphatic carbocycles. The summed E-state index contributed by atoms with van der Waals surface area (Å²) in [5.74, 6) is 0.315. The second-order valence-electron chi connectivity index (χ2n) is 7.52. The van der Waals surface area contributed by atoms with Crippen LogP contribution in [-0.2, 0) is 9.53 Å². The third kappa shape index (κ3) is 4.73. The van der Waals surface area contributed by atoms with Crippen molar-refractivity contribution in [1.82, 2.24) is 9.88 Å². The number of benzene rings is 1. The minimum atomic E-state index is -0.508. The molecule has 142 valence electrons. The fraction of sp³-hybridized carbons (Fsp3) is 0.409. The first-order chi connectivity index (χ1) is 12.9. The van der Waals surface area contributed by atoms with E-state index < -0.39 is 5.97 Å². The highest BCUT2D eigenvalue weighted by Gasteiger charge is 2.26. The number of aryl methyl sites for hydroxylation is 1. The van der Waals surface area contributed by atoms with Crippen LogP contribution in [0.25, 0.3) is 11.3 Å². The summed E-state index contributed by atoms with van der Waals surface area (Å²) in [7, 11) is 0. The number of rotatable bonds is 4. The number of carbonyl (C=O) groups excluding carboxylic acids is 2. The number of pyridine rings is 1. The van der Waals surface area contributed by atoms with Gasteiger partial charge in [-0.25, -0.2) is 4.79 Å². The number of carbonyl (C=O) groups is 2. The SMILES string of the molecule is Cc1nc(-c2ccccc2)ccc1C(=O)OCC(=O)N1C[C@H](C)C[C@@H](C)C1. The maximum Gasteiger partial charge on any atom is 0.340 e. The highest BCUT2D eigenvalue weighted by Crippen LogP contribution is 2.21. The van der Waals surface area contributed by atoms with Crippen LogP contribution in [0.15, 0.2) is 42.5 Å². The smallest absolute Gasteiger partial charge is 0.340 e. The van der Waals surface area contributed by atoms with E-state index in [2.05, 4.69) is 18.8 Å². The van der Waals surface area contributed by atoms with Gasteiger partial charge in [0.1, 0.15) is 0 Å². The van der Waals surface area contributed by atoms with Gasteiger partial charge in [0.25, 0.3) is 5.91 Å². The summed E-state index contributed by atoms with van der Waals surface area (Å²) in [5.41, 5.74) is 2.78. The highest BCUT2D eigenvalue weighted by molar-refractivity contribution is 5.92. The van der Waals surface area contributed by atoms with Crippen molar-refractivity contribution in [3.8, 4) is 11.3 Å². The molecule has 0 bridgehead atoms. The molecule has 1 aromatic carbocycles. The molecule has 5 nitrogen and oxygen atoms in total. The summed E-state index contributed by atoms with van der Waals surface area (Å²) in [4.78, 5) is 31.1. The van der Waals surface area contributed by atoms with Crippen LogP contribution in [-0.4, -0.2) is 41.5 Å². The van der Waals surface area contributed by atoms with Gasteiger partial charge in [-0.05, 0) is 37.3 Å². The van der Waals surface area contributed by atoms with Gasteiger partial charge in [-0.15, -0.1) is 0 Å². The lowest BCUT2D eigenvalue weighted by molar-refractivity contribution is -0.137. The van der Waals surface area contributed by atoms with Crippen molar-refractivity contribution in [3.05, 3.63) is 53.7 Å². The van der Waals surface area contributed by atoms with Crippen molar-refractivity contribution in [2.45, 2.75) is 27.2 Å². The molecule has 1 fully saturated rings. The van der Waals surface area contributed by atoms with Crippen LogP contribution in [0.5, 0.6) is 0 Å². The predicted molar refractivity (Wildman–Crippen MR) is 104 cm³/mol. The largest absolute Gasteiger partial charge is 0.452 e. The summed E-state index contributed by atoms with van der Waals surface area (Å²) in [6.45, 7) is 7.30. The first-order valence-electron chi connectivity index (χ1n) is 9.42. The Balaban J connectivity index is 1.62.